The number of ether oxygens (including phenoxy) is 2. The molecule has 3 rings (SSSR count). The summed E-state index contributed by atoms with van der Waals surface area (Å²) < 4.78 is 22.3. The van der Waals surface area contributed by atoms with E-state index < -0.39 is 7.60 Å². The number of nitrogens with one attached hydrogen (secondary N) is 1. The third kappa shape index (κ3) is 9.60. The smallest absolute Gasteiger partial charge is 0.325 e. The van der Waals surface area contributed by atoms with E-state index in [4.69, 9.17) is 30.9 Å². The second kappa shape index (κ2) is 14.0. The Labute approximate surface area is 216 Å². The van der Waals surface area contributed by atoms with E-state index in [-0.39, 0.29) is 6.16 Å². The zero-order valence-electron chi connectivity index (χ0n) is 19.9. The van der Waals surface area contributed by atoms with E-state index in [9.17, 15) is 4.57 Å². The summed E-state index contributed by atoms with van der Waals surface area (Å²) in [5, 5.41) is 5.96. The summed E-state index contributed by atoms with van der Waals surface area (Å²) in [4.78, 5) is 19.1. The lowest BCUT2D eigenvalue weighted by atomic mass is 10.1. The number of halogens is 1. The van der Waals surface area contributed by atoms with Crippen LogP contribution in [0.2, 0.25) is 5.02 Å². The summed E-state index contributed by atoms with van der Waals surface area (Å²) in [7, 11) is -2.31. The summed E-state index contributed by atoms with van der Waals surface area (Å²) >= 11 is 7.89. The summed E-state index contributed by atoms with van der Waals surface area (Å²) in [5.41, 5.74) is 3.39. The van der Waals surface area contributed by atoms with Crippen molar-refractivity contribution in [3.05, 3.63) is 70.1 Å². The molecule has 0 aliphatic rings. The molecule has 0 radical (unpaired) electrons. The van der Waals surface area contributed by atoms with Gasteiger partial charge in [0.15, 0.2) is 0 Å². The Bertz CT molecular complexity index is 1100. The third-order valence-corrected chi connectivity index (χ3v) is 7.64. The molecule has 0 atom stereocenters. The Morgan fingerprint density at radius 2 is 1.80 bits per heavy atom. The highest BCUT2D eigenvalue weighted by molar-refractivity contribution is 7.51. The fourth-order valence-corrected chi connectivity index (χ4v) is 5.33. The van der Waals surface area contributed by atoms with Gasteiger partial charge >= 0.3 is 7.60 Å². The van der Waals surface area contributed by atoms with E-state index in [1.54, 1.807) is 18.4 Å². The van der Waals surface area contributed by atoms with Crippen molar-refractivity contribution >= 4 is 30.5 Å². The molecule has 3 aromatic rings. The molecule has 0 aliphatic heterocycles. The van der Waals surface area contributed by atoms with Crippen LogP contribution >= 0.6 is 30.5 Å². The highest BCUT2D eigenvalue weighted by Crippen LogP contribution is 2.35. The Balaban J connectivity index is 1.46. The fourth-order valence-electron chi connectivity index (χ4n) is 3.74. The number of hydrogen-bond acceptors (Lipinski definition) is 5. The molecular weight excluding hydrogens is 505 g/mol. The molecular formula is C26H33ClNO5PS. The second-order valence-corrected chi connectivity index (χ2v) is 11.5. The minimum atomic E-state index is -3.93. The molecule has 0 saturated heterocycles. The second-order valence-electron chi connectivity index (χ2n) is 8.35. The van der Waals surface area contributed by atoms with E-state index in [1.165, 1.54) is 5.56 Å². The number of unbranched alkanes of at least 4 members (excludes halogenated alkanes) is 2. The average Bonchev–Trinajstić information content (AvgIpc) is 3.36. The summed E-state index contributed by atoms with van der Waals surface area (Å²) in [6, 6.07) is 16.2. The van der Waals surface area contributed by atoms with Crippen molar-refractivity contribution in [3.8, 4) is 21.9 Å². The monoisotopic (exact) mass is 537 g/mol. The number of benzene rings is 2. The van der Waals surface area contributed by atoms with Crippen molar-refractivity contribution in [1.29, 1.82) is 0 Å². The lowest BCUT2D eigenvalue weighted by Crippen LogP contribution is -2.15. The van der Waals surface area contributed by atoms with Gasteiger partial charge in [-0.3, -0.25) is 4.57 Å². The van der Waals surface area contributed by atoms with Gasteiger partial charge in [0.05, 0.1) is 24.9 Å². The van der Waals surface area contributed by atoms with Crippen LogP contribution < -0.4 is 14.8 Å². The first-order valence-electron chi connectivity index (χ1n) is 11.7. The maximum atomic E-state index is 11.0. The van der Waals surface area contributed by atoms with Gasteiger partial charge in [-0.25, -0.2) is 0 Å². The van der Waals surface area contributed by atoms with Gasteiger partial charge in [-0.1, -0.05) is 29.8 Å². The highest BCUT2D eigenvalue weighted by atomic mass is 35.5. The van der Waals surface area contributed by atoms with Crippen molar-refractivity contribution in [3.63, 3.8) is 0 Å². The maximum Gasteiger partial charge on any atom is 0.325 e. The molecule has 3 N–H and O–H groups in total. The van der Waals surface area contributed by atoms with E-state index in [2.05, 4.69) is 28.9 Å². The first-order chi connectivity index (χ1) is 16.9. The van der Waals surface area contributed by atoms with Crippen LogP contribution in [-0.4, -0.2) is 36.2 Å². The van der Waals surface area contributed by atoms with Gasteiger partial charge in [-0.15, -0.1) is 11.3 Å². The zero-order valence-corrected chi connectivity index (χ0v) is 22.4. The average molecular weight is 538 g/mol. The van der Waals surface area contributed by atoms with Crippen LogP contribution in [0.5, 0.6) is 11.5 Å². The summed E-state index contributed by atoms with van der Waals surface area (Å²) in [6.07, 6.45) is 4.41. The molecule has 0 spiro atoms. The molecule has 2 aromatic carbocycles. The lowest BCUT2D eigenvalue weighted by Gasteiger charge is -2.13. The van der Waals surface area contributed by atoms with Gasteiger partial charge in [0.2, 0.25) is 0 Å². The maximum absolute atomic E-state index is 11.0. The van der Waals surface area contributed by atoms with Crippen molar-refractivity contribution in [2.45, 2.75) is 38.6 Å². The first kappa shape index (κ1) is 27.7. The largest absolute Gasteiger partial charge is 0.495 e. The molecule has 190 valence electrons. The van der Waals surface area contributed by atoms with Crippen LogP contribution in [0.15, 0.2) is 53.9 Å². The Morgan fingerprint density at radius 3 is 2.51 bits per heavy atom. The molecule has 9 heteroatoms. The summed E-state index contributed by atoms with van der Waals surface area (Å²) in [6.45, 7) is 1.84. The quantitative estimate of drug-likeness (QED) is 0.151. The number of hydrogen-bond donors (Lipinski definition) is 3. The molecule has 0 unspecified atom stereocenters. The van der Waals surface area contributed by atoms with Crippen LogP contribution in [-0.2, 0) is 17.5 Å². The normalized spacial score (nSPS) is 11.5. The third-order valence-electron chi connectivity index (χ3n) is 5.55. The number of rotatable bonds is 15. The van der Waals surface area contributed by atoms with E-state index >= 15 is 0 Å². The van der Waals surface area contributed by atoms with Crippen LogP contribution in [0.3, 0.4) is 0 Å². The molecule has 0 bridgehead atoms. The predicted octanol–water partition coefficient (Wildman–Crippen LogP) is 6.53. The van der Waals surface area contributed by atoms with Crippen LogP contribution in [0.4, 0.5) is 0 Å². The van der Waals surface area contributed by atoms with Crippen LogP contribution in [0.1, 0.15) is 36.8 Å². The molecule has 1 heterocycles. The number of aryl methyl sites for hydroxylation is 1. The minimum Gasteiger partial charge on any atom is -0.495 e. The number of thiophene rings is 1. The Hall–Kier alpha value is -1.86. The van der Waals surface area contributed by atoms with E-state index in [0.717, 1.165) is 47.4 Å². The molecule has 1 aromatic heterocycles. The van der Waals surface area contributed by atoms with E-state index in [1.807, 2.05) is 30.3 Å². The lowest BCUT2D eigenvalue weighted by molar-refractivity contribution is 0.306. The van der Waals surface area contributed by atoms with Gasteiger partial charge < -0.3 is 24.6 Å². The van der Waals surface area contributed by atoms with Crippen molar-refractivity contribution in [2.24, 2.45) is 0 Å². The molecule has 0 fully saturated rings. The fraction of sp³-hybridized carbons (Fsp3) is 0.385. The first-order valence-corrected chi connectivity index (χ1v) is 14.8. The standard InChI is InChI=1S/C26H33ClNO5PS/c1-32-25-12-9-20(18-23(25)27)7-3-2-4-14-33-24-11-10-21(17-22(24)26-8-5-16-35-26)19-28-13-6-15-34(29,30)31/h5,8-12,16-18,28H,2-4,6-7,13-15,19H2,1H3,(H2,29,30,31). The van der Waals surface area contributed by atoms with Crippen molar-refractivity contribution in [2.75, 3.05) is 26.4 Å². The van der Waals surface area contributed by atoms with Gasteiger partial charge in [0.1, 0.15) is 11.5 Å². The Kier molecular flexibility index (Phi) is 11.1. The van der Waals surface area contributed by atoms with Crippen LogP contribution in [0.25, 0.3) is 10.4 Å². The van der Waals surface area contributed by atoms with E-state index in [0.29, 0.717) is 36.9 Å². The van der Waals surface area contributed by atoms with Crippen molar-refractivity contribution < 1.29 is 23.8 Å². The highest BCUT2D eigenvalue weighted by Gasteiger charge is 2.12. The van der Waals surface area contributed by atoms with Gasteiger partial charge in [0.25, 0.3) is 0 Å². The van der Waals surface area contributed by atoms with Crippen molar-refractivity contribution in [1.82, 2.24) is 5.32 Å². The number of methoxy groups -OCH3 is 1. The molecule has 0 aliphatic carbocycles. The van der Waals surface area contributed by atoms with Gasteiger partial charge in [-0.05, 0) is 85.5 Å². The Morgan fingerprint density at radius 1 is 1.00 bits per heavy atom. The topological polar surface area (TPSA) is 88.0 Å². The molecule has 0 amide bonds. The predicted molar refractivity (Wildman–Crippen MR) is 144 cm³/mol. The molecule has 35 heavy (non-hydrogen) atoms. The molecule has 0 saturated carbocycles. The molecule has 6 nitrogen and oxygen atoms in total. The SMILES string of the molecule is COc1ccc(CCCCCOc2ccc(CNCCCP(=O)(O)O)cc2-c2cccs2)cc1Cl. The van der Waals surface area contributed by atoms with Gasteiger partial charge in [-0.2, -0.15) is 0 Å². The van der Waals surface area contributed by atoms with Gasteiger partial charge in [0, 0.05) is 17.0 Å². The minimum absolute atomic E-state index is 0.0962. The zero-order chi connectivity index (χ0) is 25.1. The summed E-state index contributed by atoms with van der Waals surface area (Å²) in [5.74, 6) is 1.58. The van der Waals surface area contributed by atoms with Crippen LogP contribution in [0, 0.1) is 0 Å².